The van der Waals surface area contributed by atoms with E-state index in [1.807, 2.05) is 29.2 Å². The highest BCUT2D eigenvalue weighted by Gasteiger charge is 2.35. The van der Waals surface area contributed by atoms with Gasteiger partial charge in [0.25, 0.3) is 0 Å². The van der Waals surface area contributed by atoms with Gasteiger partial charge in [-0.05, 0) is 23.8 Å². The molecule has 7 nitrogen and oxygen atoms in total. The maximum atomic E-state index is 13.6. The first-order valence-electron chi connectivity index (χ1n) is 10.8. The lowest BCUT2D eigenvalue weighted by molar-refractivity contribution is -0.141. The summed E-state index contributed by atoms with van der Waals surface area (Å²) in [6.07, 6.45) is -1.67. The fraction of sp³-hybridized carbons (Fsp3) is 0.250. The van der Waals surface area contributed by atoms with Crippen LogP contribution in [-0.2, 0) is 12.7 Å². The third kappa shape index (κ3) is 4.18. The Morgan fingerprint density at radius 2 is 1.68 bits per heavy atom. The quantitative estimate of drug-likeness (QED) is 0.456. The highest BCUT2D eigenvalue weighted by atomic mass is 19.4. The number of fused-ring (bicyclic) bond motifs is 1. The third-order valence-corrected chi connectivity index (χ3v) is 5.87. The van der Waals surface area contributed by atoms with Crippen molar-refractivity contribution in [2.45, 2.75) is 12.7 Å². The van der Waals surface area contributed by atoms with Crippen molar-refractivity contribution in [3.8, 4) is 17.3 Å². The Labute approximate surface area is 193 Å². The van der Waals surface area contributed by atoms with Crippen molar-refractivity contribution in [3.63, 3.8) is 0 Å². The van der Waals surface area contributed by atoms with E-state index in [1.54, 1.807) is 12.1 Å². The second-order valence-corrected chi connectivity index (χ2v) is 8.05. The summed E-state index contributed by atoms with van der Waals surface area (Å²) in [5.74, 6) is 0.351. The first kappa shape index (κ1) is 21.9. The number of rotatable bonds is 4. The van der Waals surface area contributed by atoms with E-state index in [0.29, 0.717) is 24.5 Å². The van der Waals surface area contributed by atoms with Gasteiger partial charge in [0.1, 0.15) is 17.3 Å². The van der Waals surface area contributed by atoms with Gasteiger partial charge in [0.2, 0.25) is 0 Å². The Hall–Kier alpha value is -3.97. The van der Waals surface area contributed by atoms with E-state index < -0.39 is 11.9 Å². The van der Waals surface area contributed by atoms with E-state index in [1.165, 1.54) is 22.5 Å². The van der Waals surface area contributed by atoms with Gasteiger partial charge in [-0.25, -0.2) is 9.50 Å². The minimum absolute atomic E-state index is 0.0397. The monoisotopic (exact) mass is 463 g/mol. The number of hydrogen-bond donors (Lipinski definition) is 0. The lowest BCUT2D eigenvalue weighted by Gasteiger charge is -2.34. The number of halogens is 3. The average Bonchev–Trinajstić information content (AvgIpc) is 3.23. The van der Waals surface area contributed by atoms with Gasteiger partial charge in [0.15, 0.2) is 11.5 Å². The Morgan fingerprint density at radius 3 is 2.32 bits per heavy atom. The fourth-order valence-corrected chi connectivity index (χ4v) is 4.16. The van der Waals surface area contributed by atoms with Crippen molar-refractivity contribution in [1.29, 1.82) is 5.26 Å². The molecule has 0 unspecified atom stereocenters. The normalized spacial score (nSPS) is 14.9. The number of anilines is 1. The SMILES string of the molecule is N#Cc1c(N2CCN(Cc3ccccc3)CC2)nn2c(-c3ccncc3)cc(C(F)(F)F)nc12. The molecule has 34 heavy (non-hydrogen) atoms. The largest absolute Gasteiger partial charge is 0.433 e. The standard InChI is InChI=1S/C24H20F3N7/c25-24(26,27)21-14-20(18-6-8-29-9-7-18)34-22(30-21)19(15-28)23(31-34)33-12-10-32(11-13-33)16-17-4-2-1-3-5-17/h1-9,14H,10-13,16H2. The van der Waals surface area contributed by atoms with Crippen molar-refractivity contribution < 1.29 is 13.2 Å². The van der Waals surface area contributed by atoms with Crippen LogP contribution in [0.2, 0.25) is 0 Å². The molecule has 1 aromatic carbocycles. The molecule has 0 saturated carbocycles. The number of benzene rings is 1. The van der Waals surface area contributed by atoms with Gasteiger partial charge in [-0.1, -0.05) is 30.3 Å². The molecule has 172 valence electrons. The topological polar surface area (TPSA) is 73.4 Å². The molecule has 0 spiro atoms. The summed E-state index contributed by atoms with van der Waals surface area (Å²) in [5.41, 5.74) is 0.780. The summed E-state index contributed by atoms with van der Waals surface area (Å²) in [6, 6.07) is 16.3. The van der Waals surface area contributed by atoms with Crippen molar-refractivity contribution in [2.75, 3.05) is 31.1 Å². The van der Waals surface area contributed by atoms with Crippen molar-refractivity contribution in [2.24, 2.45) is 0 Å². The van der Waals surface area contributed by atoms with E-state index in [2.05, 4.69) is 32.1 Å². The van der Waals surface area contributed by atoms with Crippen LogP contribution in [0.25, 0.3) is 16.9 Å². The smallest absolute Gasteiger partial charge is 0.351 e. The molecule has 0 amide bonds. The molecule has 0 N–H and O–H groups in total. The van der Waals surface area contributed by atoms with E-state index >= 15 is 0 Å². The minimum atomic E-state index is -4.66. The van der Waals surface area contributed by atoms with E-state index in [-0.39, 0.29) is 16.9 Å². The minimum Gasteiger partial charge on any atom is -0.351 e. The maximum Gasteiger partial charge on any atom is 0.433 e. The van der Waals surface area contributed by atoms with Gasteiger partial charge in [-0.3, -0.25) is 9.88 Å². The highest BCUT2D eigenvalue weighted by Crippen LogP contribution is 2.34. The second kappa shape index (κ2) is 8.76. The molecule has 3 aromatic heterocycles. The van der Waals surface area contributed by atoms with E-state index in [4.69, 9.17) is 0 Å². The molecule has 1 aliphatic rings. The van der Waals surface area contributed by atoms with Gasteiger partial charge < -0.3 is 4.90 Å². The summed E-state index contributed by atoms with van der Waals surface area (Å²) >= 11 is 0. The predicted molar refractivity (Wildman–Crippen MR) is 120 cm³/mol. The fourth-order valence-electron chi connectivity index (χ4n) is 4.16. The number of piperazine rings is 1. The second-order valence-electron chi connectivity index (χ2n) is 8.05. The maximum absolute atomic E-state index is 13.6. The molecule has 0 aliphatic carbocycles. The molecule has 4 aromatic rings. The number of hydrogen-bond acceptors (Lipinski definition) is 6. The molecular formula is C24H20F3N7. The van der Waals surface area contributed by atoms with Crippen LogP contribution < -0.4 is 4.90 Å². The van der Waals surface area contributed by atoms with Gasteiger partial charge in [-0.2, -0.15) is 18.4 Å². The predicted octanol–water partition coefficient (Wildman–Crippen LogP) is 4.00. The van der Waals surface area contributed by atoms with E-state index in [0.717, 1.165) is 25.7 Å². The van der Waals surface area contributed by atoms with Crippen molar-refractivity contribution in [3.05, 3.63) is 77.7 Å². The number of alkyl halides is 3. The number of nitriles is 1. The Morgan fingerprint density at radius 1 is 0.971 bits per heavy atom. The number of pyridine rings is 1. The molecular weight excluding hydrogens is 443 g/mol. The summed E-state index contributed by atoms with van der Waals surface area (Å²) < 4.78 is 42.2. The van der Waals surface area contributed by atoms with Crippen LogP contribution in [0.5, 0.6) is 0 Å². The molecule has 4 heterocycles. The molecule has 1 fully saturated rings. The molecule has 5 rings (SSSR count). The molecule has 10 heteroatoms. The summed E-state index contributed by atoms with van der Waals surface area (Å²) in [4.78, 5) is 12.0. The summed E-state index contributed by atoms with van der Waals surface area (Å²) in [6.45, 7) is 3.50. The Kier molecular flexibility index (Phi) is 5.63. The number of nitrogens with zero attached hydrogens (tertiary/aromatic N) is 7. The van der Waals surface area contributed by atoms with Gasteiger partial charge >= 0.3 is 6.18 Å². The summed E-state index contributed by atoms with van der Waals surface area (Å²) in [5, 5.41) is 14.4. The first-order valence-corrected chi connectivity index (χ1v) is 10.8. The van der Waals surface area contributed by atoms with Crippen LogP contribution in [-0.4, -0.2) is 50.7 Å². The number of aromatic nitrogens is 4. The molecule has 1 aliphatic heterocycles. The lowest BCUT2D eigenvalue weighted by Crippen LogP contribution is -2.46. The zero-order chi connectivity index (χ0) is 23.7. The van der Waals surface area contributed by atoms with Crippen LogP contribution in [0.1, 0.15) is 16.8 Å². The Balaban J connectivity index is 1.51. The van der Waals surface area contributed by atoms with Gasteiger partial charge in [0, 0.05) is 50.7 Å². The van der Waals surface area contributed by atoms with Crippen molar-refractivity contribution >= 4 is 11.5 Å². The first-order chi connectivity index (χ1) is 16.4. The molecule has 1 saturated heterocycles. The zero-order valence-electron chi connectivity index (χ0n) is 18.1. The van der Waals surface area contributed by atoms with Gasteiger partial charge in [0.05, 0.1) is 5.69 Å². The summed E-state index contributed by atoms with van der Waals surface area (Å²) in [7, 11) is 0. The van der Waals surface area contributed by atoms with Crippen LogP contribution in [0.4, 0.5) is 19.0 Å². The Bertz CT molecular complexity index is 1340. The van der Waals surface area contributed by atoms with Crippen LogP contribution >= 0.6 is 0 Å². The zero-order valence-corrected chi connectivity index (χ0v) is 18.1. The van der Waals surface area contributed by atoms with Gasteiger partial charge in [-0.15, -0.1) is 5.10 Å². The lowest BCUT2D eigenvalue weighted by atomic mass is 10.1. The van der Waals surface area contributed by atoms with Crippen LogP contribution in [0.3, 0.4) is 0 Å². The highest BCUT2D eigenvalue weighted by molar-refractivity contribution is 5.73. The van der Waals surface area contributed by atoms with Crippen LogP contribution in [0.15, 0.2) is 60.9 Å². The molecule has 0 bridgehead atoms. The van der Waals surface area contributed by atoms with Crippen LogP contribution in [0, 0.1) is 11.3 Å². The molecule has 0 radical (unpaired) electrons. The third-order valence-electron chi connectivity index (χ3n) is 5.87. The van der Waals surface area contributed by atoms with Crippen molar-refractivity contribution in [1.82, 2.24) is 24.5 Å². The molecule has 0 atom stereocenters. The average molecular weight is 463 g/mol. The van der Waals surface area contributed by atoms with E-state index in [9.17, 15) is 18.4 Å².